The van der Waals surface area contributed by atoms with Crippen LogP contribution in [0.4, 0.5) is 5.69 Å². The van der Waals surface area contributed by atoms with Gasteiger partial charge in [0, 0.05) is 49.0 Å². The molecule has 1 aromatic carbocycles. The van der Waals surface area contributed by atoms with E-state index in [-0.39, 0.29) is 24.2 Å². The monoisotopic (exact) mass is 477 g/mol. The molecule has 4 aromatic rings. The van der Waals surface area contributed by atoms with Gasteiger partial charge in [-0.1, -0.05) is 6.07 Å². The number of thiophene rings is 1. The van der Waals surface area contributed by atoms with E-state index >= 15 is 0 Å². The number of hydrogen-bond acceptors (Lipinski definition) is 9. The minimum absolute atomic E-state index is 0.0889. The number of carbonyl (C=O) groups excluding carboxylic acids is 1. The molecule has 10 heteroatoms. The van der Waals surface area contributed by atoms with Crippen molar-refractivity contribution < 1.29 is 19.7 Å². The number of anilines is 1. The second kappa shape index (κ2) is 9.24. The summed E-state index contributed by atoms with van der Waals surface area (Å²) in [6, 6.07) is 11.0. The summed E-state index contributed by atoms with van der Waals surface area (Å²) in [4.78, 5) is 30.3. The molecule has 1 saturated heterocycles. The topological polar surface area (TPSA) is 112 Å². The molecule has 1 fully saturated rings. The van der Waals surface area contributed by atoms with Crippen LogP contribution in [0.1, 0.15) is 15.9 Å². The lowest BCUT2D eigenvalue weighted by molar-refractivity contribution is 0.0749. The van der Waals surface area contributed by atoms with Crippen molar-refractivity contribution in [1.29, 1.82) is 0 Å². The average Bonchev–Trinajstić information content (AvgIpc) is 3.33. The number of pyridine rings is 1. The number of piperazine rings is 1. The smallest absolute Gasteiger partial charge is 0.257 e. The molecule has 2 N–H and O–H groups in total. The zero-order valence-corrected chi connectivity index (χ0v) is 19.3. The SMILES string of the molecule is COc1ccc(N2CCN(C(=O)c3csc4c(O)nc(-c5ccccn5)nc34)CC2)c(CO)c1. The zero-order valence-electron chi connectivity index (χ0n) is 18.5. The number of aromatic nitrogens is 3. The zero-order chi connectivity index (χ0) is 23.7. The quantitative estimate of drug-likeness (QED) is 0.451. The fourth-order valence-electron chi connectivity index (χ4n) is 4.11. The summed E-state index contributed by atoms with van der Waals surface area (Å²) in [6.45, 7) is 2.22. The molecule has 0 aliphatic carbocycles. The van der Waals surface area contributed by atoms with Crippen molar-refractivity contribution >= 4 is 33.1 Å². The van der Waals surface area contributed by atoms with Gasteiger partial charge in [-0.3, -0.25) is 9.78 Å². The first-order valence-corrected chi connectivity index (χ1v) is 11.7. The number of nitrogens with zero attached hydrogens (tertiary/aromatic N) is 5. The molecule has 174 valence electrons. The predicted molar refractivity (Wildman–Crippen MR) is 129 cm³/mol. The maximum absolute atomic E-state index is 13.4. The van der Waals surface area contributed by atoms with Gasteiger partial charge >= 0.3 is 0 Å². The van der Waals surface area contributed by atoms with E-state index in [9.17, 15) is 15.0 Å². The molecule has 1 aliphatic rings. The predicted octanol–water partition coefficient (Wildman–Crippen LogP) is 2.92. The molecule has 34 heavy (non-hydrogen) atoms. The number of carbonyl (C=O) groups is 1. The average molecular weight is 478 g/mol. The third kappa shape index (κ3) is 4.02. The first-order valence-electron chi connectivity index (χ1n) is 10.8. The molecule has 3 aromatic heterocycles. The summed E-state index contributed by atoms with van der Waals surface area (Å²) in [5.41, 5.74) is 3.13. The Morgan fingerprint density at radius 3 is 2.68 bits per heavy atom. The normalized spacial score (nSPS) is 13.9. The van der Waals surface area contributed by atoms with Crippen molar-refractivity contribution in [3.63, 3.8) is 0 Å². The van der Waals surface area contributed by atoms with E-state index in [0.29, 0.717) is 53.4 Å². The van der Waals surface area contributed by atoms with Crippen molar-refractivity contribution in [2.75, 3.05) is 38.2 Å². The van der Waals surface area contributed by atoms with Gasteiger partial charge in [0.25, 0.3) is 5.91 Å². The number of ether oxygens (including phenoxy) is 1. The van der Waals surface area contributed by atoms with Crippen LogP contribution in [0, 0.1) is 0 Å². The summed E-state index contributed by atoms with van der Waals surface area (Å²) in [5, 5.41) is 21.9. The van der Waals surface area contributed by atoms with E-state index in [2.05, 4.69) is 19.9 Å². The molecule has 0 saturated carbocycles. The van der Waals surface area contributed by atoms with Crippen LogP contribution >= 0.6 is 11.3 Å². The van der Waals surface area contributed by atoms with Gasteiger partial charge in [0.1, 0.15) is 21.7 Å². The molecule has 5 rings (SSSR count). The Morgan fingerprint density at radius 2 is 1.97 bits per heavy atom. The van der Waals surface area contributed by atoms with Crippen molar-refractivity contribution in [3.8, 4) is 23.1 Å². The summed E-state index contributed by atoms with van der Waals surface area (Å²) in [6.07, 6.45) is 1.63. The highest BCUT2D eigenvalue weighted by Gasteiger charge is 2.27. The number of hydrogen-bond donors (Lipinski definition) is 2. The highest BCUT2D eigenvalue weighted by molar-refractivity contribution is 7.17. The van der Waals surface area contributed by atoms with Gasteiger partial charge in [-0.15, -0.1) is 11.3 Å². The van der Waals surface area contributed by atoms with Crippen LogP contribution in [0.15, 0.2) is 48.0 Å². The first kappa shape index (κ1) is 22.1. The van der Waals surface area contributed by atoms with Crippen LogP contribution in [0.5, 0.6) is 11.6 Å². The maximum atomic E-state index is 13.4. The van der Waals surface area contributed by atoms with E-state index < -0.39 is 0 Å². The van der Waals surface area contributed by atoms with Crippen molar-refractivity contribution in [3.05, 3.63) is 59.1 Å². The Morgan fingerprint density at radius 1 is 1.15 bits per heavy atom. The van der Waals surface area contributed by atoms with E-state index in [0.717, 1.165) is 11.3 Å². The summed E-state index contributed by atoms with van der Waals surface area (Å²) >= 11 is 1.25. The number of aliphatic hydroxyl groups is 1. The van der Waals surface area contributed by atoms with E-state index in [4.69, 9.17) is 4.74 Å². The third-order valence-electron chi connectivity index (χ3n) is 5.89. The van der Waals surface area contributed by atoms with Crippen LogP contribution in [-0.4, -0.2) is 69.3 Å². The van der Waals surface area contributed by atoms with E-state index in [1.165, 1.54) is 11.3 Å². The molecule has 0 unspecified atom stereocenters. The Hall–Kier alpha value is -3.76. The summed E-state index contributed by atoms with van der Waals surface area (Å²) < 4.78 is 5.73. The molecular formula is C24H23N5O4S. The molecule has 9 nitrogen and oxygen atoms in total. The second-order valence-corrected chi connectivity index (χ2v) is 8.72. The first-order chi connectivity index (χ1) is 16.6. The number of methoxy groups -OCH3 is 1. The summed E-state index contributed by atoms with van der Waals surface area (Å²) in [5.74, 6) is 0.684. The number of aromatic hydroxyl groups is 1. The molecular weight excluding hydrogens is 454 g/mol. The van der Waals surface area contributed by atoms with Crippen LogP contribution < -0.4 is 9.64 Å². The Kier molecular flexibility index (Phi) is 5.99. The lowest BCUT2D eigenvalue weighted by Crippen LogP contribution is -2.49. The highest BCUT2D eigenvalue weighted by atomic mass is 32.1. The molecule has 1 amide bonds. The minimum Gasteiger partial charge on any atom is -0.497 e. The van der Waals surface area contributed by atoms with Crippen molar-refractivity contribution in [2.24, 2.45) is 0 Å². The Balaban J connectivity index is 1.37. The molecule has 0 radical (unpaired) electrons. The van der Waals surface area contributed by atoms with Gasteiger partial charge < -0.3 is 24.7 Å². The van der Waals surface area contributed by atoms with Crippen LogP contribution in [0.2, 0.25) is 0 Å². The lowest BCUT2D eigenvalue weighted by Gasteiger charge is -2.37. The summed E-state index contributed by atoms with van der Waals surface area (Å²) in [7, 11) is 1.60. The fraction of sp³-hybridized carbons (Fsp3) is 0.250. The van der Waals surface area contributed by atoms with Crippen LogP contribution in [-0.2, 0) is 6.61 Å². The van der Waals surface area contributed by atoms with Gasteiger partial charge in [0.2, 0.25) is 5.88 Å². The molecule has 4 heterocycles. The van der Waals surface area contributed by atoms with Gasteiger partial charge in [-0.25, -0.2) is 4.98 Å². The van der Waals surface area contributed by atoms with Crippen LogP contribution in [0.25, 0.3) is 21.7 Å². The maximum Gasteiger partial charge on any atom is 0.257 e. The largest absolute Gasteiger partial charge is 0.497 e. The van der Waals surface area contributed by atoms with Crippen LogP contribution in [0.3, 0.4) is 0 Å². The highest BCUT2D eigenvalue weighted by Crippen LogP contribution is 2.33. The van der Waals surface area contributed by atoms with Gasteiger partial charge in [-0.05, 0) is 30.3 Å². The molecule has 1 aliphatic heterocycles. The van der Waals surface area contributed by atoms with E-state index in [1.54, 1.807) is 35.7 Å². The third-order valence-corrected chi connectivity index (χ3v) is 6.85. The molecule has 0 spiro atoms. The Bertz CT molecular complexity index is 1340. The fourth-order valence-corrected chi connectivity index (χ4v) is 4.98. The standard InChI is InChI=1S/C24H23N5O4S/c1-33-16-5-6-19(15(12-16)13-30)28-8-10-29(11-9-28)24(32)17-14-34-21-20(17)26-22(27-23(21)31)18-4-2-3-7-25-18/h2-7,12,14,30H,8-11,13H2,1H3,(H,26,27,31). The number of amides is 1. The van der Waals surface area contributed by atoms with E-state index in [1.807, 2.05) is 24.3 Å². The molecule has 0 atom stereocenters. The van der Waals surface area contributed by atoms with Crippen molar-refractivity contribution in [1.82, 2.24) is 19.9 Å². The number of fused-ring (bicyclic) bond motifs is 1. The van der Waals surface area contributed by atoms with Crippen molar-refractivity contribution in [2.45, 2.75) is 6.61 Å². The number of aliphatic hydroxyl groups excluding tert-OH is 1. The lowest BCUT2D eigenvalue weighted by atomic mass is 10.1. The Labute approximate surface area is 199 Å². The van der Waals surface area contributed by atoms with Gasteiger partial charge in [0.05, 0.1) is 19.3 Å². The number of benzene rings is 1. The molecule has 0 bridgehead atoms. The minimum atomic E-state index is -0.157. The van der Waals surface area contributed by atoms with Gasteiger partial charge in [0.15, 0.2) is 5.82 Å². The number of rotatable bonds is 5. The second-order valence-electron chi connectivity index (χ2n) is 7.84. The van der Waals surface area contributed by atoms with Gasteiger partial charge in [-0.2, -0.15) is 4.98 Å².